The SMILES string of the molecule is CCC(C)(C(N)Cc1cc(F)ccc1F)N1CCCCC1. The lowest BCUT2D eigenvalue weighted by molar-refractivity contribution is 0.0544. The van der Waals surface area contributed by atoms with Crippen LogP contribution in [0.2, 0.25) is 0 Å². The van der Waals surface area contributed by atoms with Gasteiger partial charge in [-0.05, 0) is 69.5 Å². The monoisotopic (exact) mass is 296 g/mol. The van der Waals surface area contributed by atoms with Crippen LogP contribution in [0.1, 0.15) is 45.1 Å². The van der Waals surface area contributed by atoms with Gasteiger partial charge in [-0.25, -0.2) is 8.78 Å². The molecule has 1 fully saturated rings. The van der Waals surface area contributed by atoms with Crippen molar-refractivity contribution in [2.45, 2.75) is 57.5 Å². The van der Waals surface area contributed by atoms with Gasteiger partial charge in [0.25, 0.3) is 0 Å². The van der Waals surface area contributed by atoms with Crippen molar-refractivity contribution in [1.29, 1.82) is 0 Å². The molecule has 118 valence electrons. The molecule has 1 aromatic rings. The van der Waals surface area contributed by atoms with Crippen LogP contribution in [0, 0.1) is 11.6 Å². The highest BCUT2D eigenvalue weighted by Gasteiger charge is 2.37. The molecule has 0 aliphatic carbocycles. The maximum atomic E-state index is 13.8. The molecule has 2 rings (SSSR count). The lowest BCUT2D eigenvalue weighted by Crippen LogP contribution is -2.59. The van der Waals surface area contributed by atoms with Gasteiger partial charge in [0, 0.05) is 11.6 Å². The van der Waals surface area contributed by atoms with Gasteiger partial charge in [0.15, 0.2) is 0 Å². The Morgan fingerprint density at radius 1 is 1.24 bits per heavy atom. The molecule has 0 aromatic heterocycles. The summed E-state index contributed by atoms with van der Waals surface area (Å²) in [6.07, 6.45) is 4.92. The summed E-state index contributed by atoms with van der Waals surface area (Å²) in [6.45, 7) is 6.37. The maximum Gasteiger partial charge on any atom is 0.126 e. The van der Waals surface area contributed by atoms with Crippen LogP contribution in [0.25, 0.3) is 0 Å². The molecule has 1 heterocycles. The summed E-state index contributed by atoms with van der Waals surface area (Å²) >= 11 is 0. The van der Waals surface area contributed by atoms with E-state index in [-0.39, 0.29) is 17.4 Å². The van der Waals surface area contributed by atoms with Crippen LogP contribution in [-0.4, -0.2) is 29.6 Å². The first-order valence-electron chi connectivity index (χ1n) is 7.92. The Labute approximate surface area is 126 Å². The van der Waals surface area contributed by atoms with E-state index in [1.807, 2.05) is 0 Å². The summed E-state index contributed by atoms with van der Waals surface area (Å²) in [5.41, 5.74) is 6.62. The lowest BCUT2D eigenvalue weighted by atomic mass is 9.83. The maximum absolute atomic E-state index is 13.8. The molecule has 2 nitrogen and oxygen atoms in total. The topological polar surface area (TPSA) is 29.3 Å². The van der Waals surface area contributed by atoms with Crippen LogP contribution < -0.4 is 5.73 Å². The molecule has 0 radical (unpaired) electrons. The van der Waals surface area contributed by atoms with E-state index in [0.717, 1.165) is 25.6 Å². The Kier molecular flexibility index (Phi) is 5.33. The molecule has 0 saturated carbocycles. The summed E-state index contributed by atoms with van der Waals surface area (Å²) in [4.78, 5) is 2.43. The smallest absolute Gasteiger partial charge is 0.126 e. The van der Waals surface area contributed by atoms with Crippen LogP contribution in [0.3, 0.4) is 0 Å². The second kappa shape index (κ2) is 6.84. The Morgan fingerprint density at radius 2 is 1.90 bits per heavy atom. The van der Waals surface area contributed by atoms with Gasteiger partial charge in [0.05, 0.1) is 0 Å². The van der Waals surface area contributed by atoms with Gasteiger partial charge in [-0.2, -0.15) is 0 Å². The summed E-state index contributed by atoms with van der Waals surface area (Å²) in [5, 5.41) is 0. The summed E-state index contributed by atoms with van der Waals surface area (Å²) in [5.74, 6) is -0.779. The number of piperidine rings is 1. The standard InChI is InChI=1S/C17H26F2N2/c1-3-17(2,21-9-5-4-6-10-21)16(20)12-13-11-14(18)7-8-15(13)19/h7-8,11,16H,3-6,9-10,12,20H2,1-2H3. The molecule has 1 aliphatic heterocycles. The van der Waals surface area contributed by atoms with Gasteiger partial charge >= 0.3 is 0 Å². The van der Waals surface area contributed by atoms with Crippen molar-refractivity contribution in [3.63, 3.8) is 0 Å². The molecule has 0 bridgehead atoms. The first-order chi connectivity index (χ1) is 9.97. The highest BCUT2D eigenvalue weighted by Crippen LogP contribution is 2.28. The zero-order valence-electron chi connectivity index (χ0n) is 13.0. The highest BCUT2D eigenvalue weighted by molar-refractivity contribution is 5.21. The number of halogens is 2. The van der Waals surface area contributed by atoms with Crippen molar-refractivity contribution in [2.75, 3.05) is 13.1 Å². The van der Waals surface area contributed by atoms with Gasteiger partial charge in [0.1, 0.15) is 11.6 Å². The number of hydrogen-bond acceptors (Lipinski definition) is 2. The largest absolute Gasteiger partial charge is 0.326 e. The molecule has 0 amide bonds. The molecule has 2 atom stereocenters. The normalized spacial score (nSPS) is 21.0. The molecule has 2 unspecified atom stereocenters. The van der Waals surface area contributed by atoms with Crippen LogP contribution >= 0.6 is 0 Å². The van der Waals surface area contributed by atoms with Crippen molar-refractivity contribution < 1.29 is 8.78 Å². The Balaban J connectivity index is 2.15. The molecule has 2 N–H and O–H groups in total. The Bertz CT molecular complexity index is 472. The van der Waals surface area contributed by atoms with Crippen molar-refractivity contribution in [1.82, 2.24) is 4.90 Å². The third kappa shape index (κ3) is 3.61. The second-order valence-corrected chi connectivity index (χ2v) is 6.30. The van der Waals surface area contributed by atoms with Crippen molar-refractivity contribution in [3.05, 3.63) is 35.4 Å². The van der Waals surface area contributed by atoms with Crippen molar-refractivity contribution >= 4 is 0 Å². The number of likely N-dealkylation sites (tertiary alicyclic amines) is 1. The number of benzene rings is 1. The molecule has 0 spiro atoms. The van der Waals surface area contributed by atoms with E-state index >= 15 is 0 Å². The van der Waals surface area contributed by atoms with E-state index in [4.69, 9.17) is 5.73 Å². The van der Waals surface area contributed by atoms with Gasteiger partial charge in [0.2, 0.25) is 0 Å². The van der Waals surface area contributed by atoms with Gasteiger partial charge < -0.3 is 5.73 Å². The number of nitrogens with two attached hydrogens (primary N) is 1. The fourth-order valence-corrected chi connectivity index (χ4v) is 3.28. The van der Waals surface area contributed by atoms with Crippen LogP contribution in [0.15, 0.2) is 18.2 Å². The van der Waals surface area contributed by atoms with E-state index in [1.54, 1.807) is 0 Å². The fourth-order valence-electron chi connectivity index (χ4n) is 3.28. The highest BCUT2D eigenvalue weighted by atomic mass is 19.1. The number of nitrogens with zero attached hydrogens (tertiary/aromatic N) is 1. The van der Waals surface area contributed by atoms with E-state index in [1.165, 1.54) is 31.4 Å². The number of rotatable bonds is 5. The first-order valence-corrected chi connectivity index (χ1v) is 7.92. The zero-order chi connectivity index (χ0) is 15.5. The molecule has 1 aliphatic rings. The second-order valence-electron chi connectivity index (χ2n) is 6.30. The minimum Gasteiger partial charge on any atom is -0.326 e. The van der Waals surface area contributed by atoms with Crippen LogP contribution in [-0.2, 0) is 6.42 Å². The summed E-state index contributed by atoms with van der Waals surface area (Å²) < 4.78 is 27.1. The summed E-state index contributed by atoms with van der Waals surface area (Å²) in [6, 6.07) is 3.38. The van der Waals surface area contributed by atoms with E-state index in [0.29, 0.717) is 12.0 Å². The van der Waals surface area contributed by atoms with E-state index in [9.17, 15) is 8.78 Å². The molecular formula is C17H26F2N2. The number of hydrogen-bond donors (Lipinski definition) is 1. The molecule has 4 heteroatoms. The Hall–Kier alpha value is -1.00. The predicted octanol–water partition coefficient (Wildman–Crippen LogP) is 3.49. The third-order valence-electron chi connectivity index (χ3n) is 5.04. The van der Waals surface area contributed by atoms with Gasteiger partial charge in [-0.15, -0.1) is 0 Å². The van der Waals surface area contributed by atoms with Crippen LogP contribution in [0.4, 0.5) is 8.78 Å². The summed E-state index contributed by atoms with van der Waals surface area (Å²) in [7, 11) is 0. The quantitative estimate of drug-likeness (QED) is 0.901. The van der Waals surface area contributed by atoms with E-state index in [2.05, 4.69) is 18.7 Å². The van der Waals surface area contributed by atoms with Crippen molar-refractivity contribution in [3.8, 4) is 0 Å². The molecule has 1 saturated heterocycles. The average Bonchev–Trinajstić information content (AvgIpc) is 2.51. The minimum absolute atomic E-state index is 0.167. The fraction of sp³-hybridized carbons (Fsp3) is 0.647. The van der Waals surface area contributed by atoms with Gasteiger partial charge in [-0.3, -0.25) is 4.90 Å². The third-order valence-corrected chi connectivity index (χ3v) is 5.04. The average molecular weight is 296 g/mol. The van der Waals surface area contributed by atoms with E-state index < -0.39 is 5.82 Å². The lowest BCUT2D eigenvalue weighted by Gasteiger charge is -2.47. The van der Waals surface area contributed by atoms with Crippen LogP contribution in [0.5, 0.6) is 0 Å². The Morgan fingerprint density at radius 3 is 2.52 bits per heavy atom. The molecular weight excluding hydrogens is 270 g/mol. The molecule has 1 aromatic carbocycles. The van der Waals surface area contributed by atoms with Gasteiger partial charge in [-0.1, -0.05) is 13.3 Å². The first kappa shape index (κ1) is 16.4. The zero-order valence-corrected chi connectivity index (χ0v) is 13.0. The molecule has 21 heavy (non-hydrogen) atoms. The predicted molar refractivity (Wildman–Crippen MR) is 82.2 cm³/mol. The van der Waals surface area contributed by atoms with Crippen molar-refractivity contribution in [2.24, 2.45) is 5.73 Å². The minimum atomic E-state index is -0.408.